The second-order valence-electron chi connectivity index (χ2n) is 6.48. The van der Waals surface area contributed by atoms with Crippen molar-refractivity contribution in [3.63, 3.8) is 0 Å². The van der Waals surface area contributed by atoms with E-state index in [2.05, 4.69) is 10.3 Å². The Morgan fingerprint density at radius 2 is 1.85 bits per heavy atom. The first kappa shape index (κ1) is 18.7. The van der Waals surface area contributed by atoms with E-state index in [-0.39, 0.29) is 17.4 Å². The highest BCUT2D eigenvalue weighted by molar-refractivity contribution is 6.02. The summed E-state index contributed by atoms with van der Waals surface area (Å²) in [5.41, 5.74) is 0.741. The highest BCUT2D eigenvalue weighted by Crippen LogP contribution is 2.34. The summed E-state index contributed by atoms with van der Waals surface area (Å²) >= 11 is 0. The van der Waals surface area contributed by atoms with Crippen LogP contribution in [0, 0.1) is 0 Å². The topological polar surface area (TPSA) is 74.7 Å². The summed E-state index contributed by atoms with van der Waals surface area (Å²) < 4.78 is 5.90. The fourth-order valence-electron chi connectivity index (χ4n) is 2.86. The molecule has 6 nitrogen and oxygen atoms in total. The third-order valence-electron chi connectivity index (χ3n) is 4.03. The van der Waals surface area contributed by atoms with Crippen molar-refractivity contribution in [3.8, 4) is 17.2 Å². The predicted molar refractivity (Wildman–Crippen MR) is 105 cm³/mol. The first-order valence-corrected chi connectivity index (χ1v) is 8.81. The van der Waals surface area contributed by atoms with Crippen LogP contribution in [0.3, 0.4) is 0 Å². The third kappa shape index (κ3) is 4.17. The molecule has 0 aliphatic carbocycles. The van der Waals surface area contributed by atoms with Crippen molar-refractivity contribution in [2.45, 2.75) is 13.5 Å². The van der Waals surface area contributed by atoms with Gasteiger partial charge in [-0.05, 0) is 51.4 Å². The van der Waals surface area contributed by atoms with Crippen molar-refractivity contribution in [1.29, 1.82) is 0 Å². The molecule has 0 radical (unpaired) electrons. The molecule has 27 heavy (non-hydrogen) atoms. The number of fused-ring (bicyclic) bond motifs is 1. The summed E-state index contributed by atoms with van der Waals surface area (Å²) in [5, 5.41) is 14.6. The zero-order valence-corrected chi connectivity index (χ0v) is 15.7. The van der Waals surface area contributed by atoms with E-state index in [0.29, 0.717) is 29.9 Å². The molecule has 1 aromatic heterocycles. The maximum absolute atomic E-state index is 12.3. The summed E-state index contributed by atoms with van der Waals surface area (Å²) in [6.07, 6.45) is 0. The summed E-state index contributed by atoms with van der Waals surface area (Å²) in [5.74, 6) is 0.856. The number of nitrogens with zero attached hydrogens (tertiary/aromatic N) is 2. The zero-order chi connectivity index (χ0) is 19.4. The average molecular weight is 365 g/mol. The lowest BCUT2D eigenvalue weighted by Gasteiger charge is -2.16. The second-order valence-corrected chi connectivity index (χ2v) is 6.48. The van der Waals surface area contributed by atoms with E-state index in [1.165, 1.54) is 0 Å². The van der Waals surface area contributed by atoms with Crippen LogP contribution in [0.25, 0.3) is 10.8 Å². The van der Waals surface area contributed by atoms with E-state index < -0.39 is 0 Å². The molecule has 0 aliphatic rings. The van der Waals surface area contributed by atoms with Crippen LogP contribution in [0.15, 0.2) is 48.5 Å². The van der Waals surface area contributed by atoms with Gasteiger partial charge in [-0.15, -0.1) is 0 Å². The predicted octanol–water partition coefficient (Wildman–Crippen LogP) is 3.54. The van der Waals surface area contributed by atoms with Gasteiger partial charge in [0.15, 0.2) is 11.4 Å². The largest absolute Gasteiger partial charge is 0.505 e. The second kappa shape index (κ2) is 8.05. The molecule has 2 N–H and O–H groups in total. The lowest BCUT2D eigenvalue weighted by atomic mass is 10.1. The van der Waals surface area contributed by atoms with Gasteiger partial charge in [0.05, 0.1) is 5.69 Å². The van der Waals surface area contributed by atoms with Gasteiger partial charge in [0, 0.05) is 23.9 Å². The fourth-order valence-corrected chi connectivity index (χ4v) is 2.86. The molecule has 1 heterocycles. The van der Waals surface area contributed by atoms with E-state index in [1.54, 1.807) is 12.1 Å². The third-order valence-corrected chi connectivity index (χ3v) is 4.03. The maximum atomic E-state index is 12.3. The molecule has 6 heteroatoms. The number of hydrogen-bond acceptors (Lipinski definition) is 5. The standard InChI is InChI=1S/C21H23N3O3/c1-4-22-21(26)19-20(25)16-11-10-15(27-14-8-6-5-7-9-14)12-17(16)18(23-19)13-24(2)3/h5-12,25H,4,13H2,1-3H3,(H,22,26). The molecule has 3 aromatic rings. The summed E-state index contributed by atoms with van der Waals surface area (Å²) in [7, 11) is 3.85. The average Bonchev–Trinajstić information content (AvgIpc) is 2.64. The Labute approximate surface area is 158 Å². The number of carbonyl (C=O) groups is 1. The number of pyridine rings is 1. The van der Waals surface area contributed by atoms with Crippen molar-refractivity contribution in [3.05, 3.63) is 59.9 Å². The van der Waals surface area contributed by atoms with E-state index in [9.17, 15) is 9.90 Å². The molecule has 0 fully saturated rings. The lowest BCUT2D eigenvalue weighted by Crippen LogP contribution is -2.25. The Kier molecular flexibility index (Phi) is 5.57. The Morgan fingerprint density at radius 3 is 2.52 bits per heavy atom. The number of hydrogen-bond donors (Lipinski definition) is 2. The van der Waals surface area contributed by atoms with Gasteiger partial charge in [-0.3, -0.25) is 4.79 Å². The van der Waals surface area contributed by atoms with Crippen LogP contribution in [0.1, 0.15) is 23.1 Å². The van der Waals surface area contributed by atoms with Gasteiger partial charge in [-0.1, -0.05) is 18.2 Å². The quantitative estimate of drug-likeness (QED) is 0.699. The normalized spacial score (nSPS) is 11.0. The SMILES string of the molecule is CCNC(=O)c1nc(CN(C)C)c2cc(Oc3ccccc3)ccc2c1O. The Bertz CT molecular complexity index is 956. The molecule has 0 atom stereocenters. The van der Waals surface area contributed by atoms with E-state index >= 15 is 0 Å². The molecule has 0 saturated heterocycles. The van der Waals surface area contributed by atoms with Crippen molar-refractivity contribution >= 4 is 16.7 Å². The monoisotopic (exact) mass is 365 g/mol. The Balaban J connectivity index is 2.10. The molecule has 0 bridgehead atoms. The van der Waals surface area contributed by atoms with Crippen molar-refractivity contribution in [1.82, 2.24) is 15.2 Å². The number of benzene rings is 2. The lowest BCUT2D eigenvalue weighted by molar-refractivity contribution is 0.0948. The molecule has 0 saturated carbocycles. The minimum Gasteiger partial charge on any atom is -0.505 e. The van der Waals surface area contributed by atoms with Crippen LogP contribution >= 0.6 is 0 Å². The number of amides is 1. The zero-order valence-electron chi connectivity index (χ0n) is 15.7. The molecule has 1 amide bonds. The molecule has 0 unspecified atom stereocenters. The van der Waals surface area contributed by atoms with Crippen LogP contribution in [-0.2, 0) is 6.54 Å². The highest BCUT2D eigenvalue weighted by Gasteiger charge is 2.19. The molecular formula is C21H23N3O3. The van der Waals surface area contributed by atoms with Gasteiger partial charge in [-0.25, -0.2) is 4.98 Å². The minimum atomic E-state index is -0.387. The van der Waals surface area contributed by atoms with Crippen molar-refractivity contribution < 1.29 is 14.6 Å². The Hall–Kier alpha value is -3.12. The number of carbonyl (C=O) groups excluding carboxylic acids is 1. The van der Waals surface area contributed by atoms with Crippen LogP contribution in [0.2, 0.25) is 0 Å². The number of nitrogens with one attached hydrogen (secondary N) is 1. The number of rotatable bonds is 6. The first-order valence-electron chi connectivity index (χ1n) is 8.81. The Morgan fingerprint density at radius 1 is 1.11 bits per heavy atom. The number of aromatic hydroxyl groups is 1. The number of ether oxygens (including phenoxy) is 1. The van der Waals surface area contributed by atoms with Crippen molar-refractivity contribution in [2.75, 3.05) is 20.6 Å². The molecule has 0 spiro atoms. The highest BCUT2D eigenvalue weighted by atomic mass is 16.5. The van der Waals surface area contributed by atoms with E-state index in [4.69, 9.17) is 4.74 Å². The molecule has 3 rings (SSSR count). The van der Waals surface area contributed by atoms with Gasteiger partial charge < -0.3 is 20.1 Å². The van der Waals surface area contributed by atoms with Gasteiger partial charge in [0.1, 0.15) is 11.5 Å². The molecule has 0 aliphatic heterocycles. The van der Waals surface area contributed by atoms with Gasteiger partial charge in [0.2, 0.25) is 0 Å². The maximum Gasteiger partial charge on any atom is 0.273 e. The van der Waals surface area contributed by atoms with Gasteiger partial charge in [-0.2, -0.15) is 0 Å². The molecule has 2 aromatic carbocycles. The first-order chi connectivity index (χ1) is 13.0. The van der Waals surface area contributed by atoms with Crippen LogP contribution in [0.5, 0.6) is 17.2 Å². The van der Waals surface area contributed by atoms with Crippen LogP contribution < -0.4 is 10.1 Å². The smallest absolute Gasteiger partial charge is 0.273 e. The molecular weight excluding hydrogens is 342 g/mol. The fraction of sp³-hybridized carbons (Fsp3) is 0.238. The molecule has 140 valence electrons. The number of aromatic nitrogens is 1. The summed E-state index contributed by atoms with van der Waals surface area (Å²) in [6, 6.07) is 14.8. The van der Waals surface area contributed by atoms with E-state index in [0.717, 1.165) is 11.1 Å². The minimum absolute atomic E-state index is 0.0397. The van der Waals surface area contributed by atoms with Gasteiger partial charge in [0.25, 0.3) is 5.91 Å². The number of para-hydroxylation sites is 1. The summed E-state index contributed by atoms with van der Waals surface area (Å²) in [4.78, 5) is 18.7. The van der Waals surface area contributed by atoms with Gasteiger partial charge >= 0.3 is 0 Å². The van der Waals surface area contributed by atoms with E-state index in [1.807, 2.05) is 62.3 Å². The van der Waals surface area contributed by atoms with Crippen LogP contribution in [-0.4, -0.2) is 41.5 Å². The summed E-state index contributed by atoms with van der Waals surface area (Å²) in [6.45, 7) is 2.81. The van der Waals surface area contributed by atoms with Crippen molar-refractivity contribution in [2.24, 2.45) is 0 Å². The van der Waals surface area contributed by atoms with Crippen LogP contribution in [0.4, 0.5) is 0 Å².